The van der Waals surface area contributed by atoms with Gasteiger partial charge in [-0.25, -0.2) is 8.78 Å². The van der Waals surface area contributed by atoms with Crippen molar-refractivity contribution in [3.63, 3.8) is 0 Å². The van der Waals surface area contributed by atoms with E-state index >= 15 is 0 Å². The quantitative estimate of drug-likeness (QED) is 0.565. The van der Waals surface area contributed by atoms with Crippen LogP contribution in [0.2, 0.25) is 0 Å². The first kappa shape index (κ1) is 18.5. The molecule has 0 saturated carbocycles. The molecular weight excluding hydrogens is 354 g/mol. The molecule has 4 rings (SSSR count). The Kier molecular flexibility index (Phi) is 5.31. The van der Waals surface area contributed by atoms with Crippen LogP contribution in [-0.4, -0.2) is 23.0 Å². The van der Waals surface area contributed by atoms with Gasteiger partial charge in [0.05, 0.1) is 0 Å². The van der Waals surface area contributed by atoms with Gasteiger partial charge in [0.15, 0.2) is 0 Å². The fourth-order valence-corrected chi connectivity index (χ4v) is 3.66. The molecule has 0 amide bonds. The van der Waals surface area contributed by atoms with Crippen molar-refractivity contribution in [2.75, 3.05) is 13.1 Å². The number of hydrogen-bond acceptors (Lipinski definition) is 2. The smallest absolute Gasteiger partial charge is 0.123 e. The summed E-state index contributed by atoms with van der Waals surface area (Å²) in [5, 5.41) is 0. The highest BCUT2D eigenvalue weighted by Gasteiger charge is 2.20. The Morgan fingerprint density at radius 2 is 1.50 bits per heavy atom. The average molecular weight is 376 g/mol. The summed E-state index contributed by atoms with van der Waals surface area (Å²) in [7, 11) is 0. The highest BCUT2D eigenvalue weighted by molar-refractivity contribution is 5.66. The molecule has 142 valence electrons. The van der Waals surface area contributed by atoms with E-state index in [4.69, 9.17) is 0 Å². The molecule has 1 atom stereocenters. The van der Waals surface area contributed by atoms with E-state index in [0.29, 0.717) is 0 Å². The predicted molar refractivity (Wildman–Crippen MR) is 109 cm³/mol. The zero-order chi connectivity index (χ0) is 19.5. The molecule has 0 fully saturated rings. The summed E-state index contributed by atoms with van der Waals surface area (Å²) in [6.07, 6.45) is 6.87. The first-order chi connectivity index (χ1) is 13.6. The summed E-state index contributed by atoms with van der Waals surface area (Å²) in [6, 6.07) is 15.6. The summed E-state index contributed by atoms with van der Waals surface area (Å²) in [6.45, 7) is 3.96. The molecular formula is C24H22F2N2. The van der Waals surface area contributed by atoms with Crippen LogP contribution in [0.5, 0.6) is 0 Å². The second-order valence-corrected chi connectivity index (χ2v) is 7.17. The fourth-order valence-electron chi connectivity index (χ4n) is 3.66. The van der Waals surface area contributed by atoms with Crippen LogP contribution >= 0.6 is 0 Å². The molecule has 1 aliphatic heterocycles. The SMILES string of the molecule is CC(c1cncc(-c2ccc(F)cc2)c1)N1CC=C(c2ccc(F)cc2)CC1. The summed E-state index contributed by atoms with van der Waals surface area (Å²) in [5.41, 5.74) is 5.44. The van der Waals surface area contributed by atoms with Crippen molar-refractivity contribution < 1.29 is 8.78 Å². The Hall–Kier alpha value is -2.85. The minimum atomic E-state index is -0.238. The molecule has 2 nitrogen and oxygen atoms in total. The highest BCUT2D eigenvalue weighted by atomic mass is 19.1. The highest BCUT2D eigenvalue weighted by Crippen LogP contribution is 2.29. The van der Waals surface area contributed by atoms with E-state index in [9.17, 15) is 8.78 Å². The Morgan fingerprint density at radius 3 is 2.11 bits per heavy atom. The van der Waals surface area contributed by atoms with Gasteiger partial charge in [-0.05, 0) is 65.9 Å². The second-order valence-electron chi connectivity index (χ2n) is 7.17. The average Bonchev–Trinajstić information content (AvgIpc) is 2.74. The maximum absolute atomic E-state index is 13.2. The molecule has 0 radical (unpaired) electrons. The third-order valence-electron chi connectivity index (χ3n) is 5.42. The summed E-state index contributed by atoms with van der Waals surface area (Å²) < 4.78 is 26.3. The molecule has 0 aliphatic carbocycles. The lowest BCUT2D eigenvalue weighted by Crippen LogP contribution is -2.31. The first-order valence-corrected chi connectivity index (χ1v) is 9.50. The second kappa shape index (κ2) is 8.03. The fraction of sp³-hybridized carbons (Fsp3) is 0.208. The van der Waals surface area contributed by atoms with E-state index < -0.39 is 0 Å². The Morgan fingerprint density at radius 1 is 0.857 bits per heavy atom. The lowest BCUT2D eigenvalue weighted by molar-refractivity contribution is 0.233. The Labute approximate surface area is 164 Å². The van der Waals surface area contributed by atoms with Crippen molar-refractivity contribution in [2.45, 2.75) is 19.4 Å². The molecule has 0 bridgehead atoms. The molecule has 1 aromatic heterocycles. The predicted octanol–water partition coefficient (Wildman–Crippen LogP) is 5.88. The van der Waals surface area contributed by atoms with Crippen LogP contribution in [0, 0.1) is 11.6 Å². The van der Waals surface area contributed by atoms with Crippen LogP contribution in [0.25, 0.3) is 16.7 Å². The van der Waals surface area contributed by atoms with Gasteiger partial charge in [-0.3, -0.25) is 9.88 Å². The molecule has 0 spiro atoms. The molecule has 1 unspecified atom stereocenters. The molecule has 2 aromatic carbocycles. The van der Waals surface area contributed by atoms with Gasteiger partial charge in [-0.15, -0.1) is 0 Å². The third kappa shape index (κ3) is 4.02. The van der Waals surface area contributed by atoms with Crippen LogP contribution in [0.15, 0.2) is 73.1 Å². The van der Waals surface area contributed by atoms with Crippen LogP contribution in [0.3, 0.4) is 0 Å². The number of hydrogen-bond donors (Lipinski definition) is 0. The molecule has 4 heteroatoms. The van der Waals surface area contributed by atoms with Crippen LogP contribution in [0.4, 0.5) is 8.78 Å². The zero-order valence-electron chi connectivity index (χ0n) is 15.8. The molecule has 1 aliphatic rings. The maximum Gasteiger partial charge on any atom is 0.123 e. The van der Waals surface area contributed by atoms with Crippen molar-refractivity contribution >= 4 is 5.57 Å². The standard InChI is InChI=1S/C24H22F2N2/c1-17(21-14-22(16-27-15-21)19-4-8-24(26)9-5-19)28-12-10-20(11-13-28)18-2-6-23(25)7-3-18/h2-10,14-17H,11-13H2,1H3. The monoisotopic (exact) mass is 376 g/mol. The van der Waals surface area contributed by atoms with E-state index in [-0.39, 0.29) is 17.7 Å². The van der Waals surface area contributed by atoms with Gasteiger partial charge >= 0.3 is 0 Å². The maximum atomic E-state index is 13.2. The van der Waals surface area contributed by atoms with Crippen molar-refractivity contribution in [2.24, 2.45) is 0 Å². The topological polar surface area (TPSA) is 16.1 Å². The minimum absolute atomic E-state index is 0.205. The number of nitrogens with zero attached hydrogens (tertiary/aromatic N) is 2. The molecule has 3 aromatic rings. The largest absolute Gasteiger partial charge is 0.293 e. The van der Waals surface area contributed by atoms with Gasteiger partial charge in [0, 0.05) is 37.1 Å². The van der Waals surface area contributed by atoms with Crippen LogP contribution < -0.4 is 0 Å². The van der Waals surface area contributed by atoms with Gasteiger partial charge in [-0.2, -0.15) is 0 Å². The summed E-state index contributed by atoms with van der Waals surface area (Å²) in [4.78, 5) is 6.80. The zero-order valence-corrected chi connectivity index (χ0v) is 15.8. The van der Waals surface area contributed by atoms with Gasteiger partial charge < -0.3 is 0 Å². The molecule has 2 heterocycles. The molecule has 28 heavy (non-hydrogen) atoms. The first-order valence-electron chi connectivity index (χ1n) is 9.50. The van der Waals surface area contributed by atoms with Crippen molar-refractivity contribution in [1.82, 2.24) is 9.88 Å². The summed E-state index contributed by atoms with van der Waals surface area (Å²) in [5.74, 6) is -0.442. The minimum Gasteiger partial charge on any atom is -0.293 e. The molecule has 0 saturated heterocycles. The number of halogens is 2. The van der Waals surface area contributed by atoms with Crippen LogP contribution in [-0.2, 0) is 0 Å². The number of aromatic nitrogens is 1. The lowest BCUT2D eigenvalue weighted by Gasteiger charge is -2.32. The van der Waals surface area contributed by atoms with Gasteiger partial charge in [-0.1, -0.05) is 30.3 Å². The van der Waals surface area contributed by atoms with Crippen molar-refractivity contribution in [3.8, 4) is 11.1 Å². The number of benzene rings is 2. The van der Waals surface area contributed by atoms with E-state index in [1.165, 1.54) is 29.8 Å². The van der Waals surface area contributed by atoms with E-state index in [0.717, 1.165) is 41.8 Å². The van der Waals surface area contributed by atoms with Crippen molar-refractivity contribution in [3.05, 3.63) is 95.8 Å². The van der Waals surface area contributed by atoms with Crippen molar-refractivity contribution in [1.29, 1.82) is 0 Å². The van der Waals surface area contributed by atoms with Gasteiger partial charge in [0.1, 0.15) is 11.6 Å². The molecule has 0 N–H and O–H groups in total. The van der Waals surface area contributed by atoms with E-state index in [2.05, 4.69) is 29.0 Å². The normalized spacial score (nSPS) is 15.9. The van der Waals surface area contributed by atoms with Gasteiger partial charge in [0.25, 0.3) is 0 Å². The number of pyridine rings is 1. The van der Waals surface area contributed by atoms with Gasteiger partial charge in [0.2, 0.25) is 0 Å². The Balaban J connectivity index is 1.49. The van der Waals surface area contributed by atoms with E-state index in [1.54, 1.807) is 12.1 Å². The number of rotatable bonds is 4. The van der Waals surface area contributed by atoms with Crippen LogP contribution in [0.1, 0.15) is 30.5 Å². The van der Waals surface area contributed by atoms with E-state index in [1.807, 2.05) is 24.5 Å². The lowest BCUT2D eigenvalue weighted by atomic mass is 9.97. The third-order valence-corrected chi connectivity index (χ3v) is 5.42. The Bertz CT molecular complexity index is 978. The summed E-state index contributed by atoms with van der Waals surface area (Å²) >= 11 is 0.